The van der Waals surface area contributed by atoms with Gasteiger partial charge in [0.15, 0.2) is 0 Å². The van der Waals surface area contributed by atoms with Crippen molar-refractivity contribution in [2.45, 2.75) is 24.2 Å². The molecule has 4 heteroatoms. The summed E-state index contributed by atoms with van der Waals surface area (Å²) in [4.78, 5) is 0.544. The molecule has 0 heterocycles. The number of hydrogen-bond donors (Lipinski definition) is 1. The van der Waals surface area contributed by atoms with Crippen molar-refractivity contribution in [1.29, 1.82) is 0 Å². The minimum atomic E-state index is -1.08. The minimum absolute atomic E-state index is 0.109. The van der Waals surface area contributed by atoms with E-state index in [-0.39, 0.29) is 5.69 Å². The average Bonchev–Trinajstić information content (AvgIpc) is 3.02. The second kappa shape index (κ2) is 4.31. The van der Waals surface area contributed by atoms with Gasteiger partial charge in [-0.1, -0.05) is 12.8 Å². The van der Waals surface area contributed by atoms with Gasteiger partial charge in [-0.15, -0.1) is 0 Å². The molecule has 0 aliphatic heterocycles. The molecule has 0 spiro atoms. The van der Waals surface area contributed by atoms with E-state index >= 15 is 0 Å². The maximum Gasteiger partial charge on any atom is 0.147 e. The van der Waals surface area contributed by atoms with Crippen LogP contribution >= 0.6 is 0 Å². The van der Waals surface area contributed by atoms with Crippen LogP contribution in [0.4, 0.5) is 10.1 Å². The molecule has 1 aromatic carbocycles. The van der Waals surface area contributed by atoms with Crippen molar-refractivity contribution in [2.75, 3.05) is 11.5 Å². The highest BCUT2D eigenvalue weighted by Crippen LogP contribution is 2.32. The summed E-state index contributed by atoms with van der Waals surface area (Å²) in [6, 6.07) is 4.39. The topological polar surface area (TPSA) is 43.1 Å². The molecule has 0 radical (unpaired) electrons. The van der Waals surface area contributed by atoms with Crippen LogP contribution in [0.25, 0.3) is 0 Å². The molecule has 2 N–H and O–H groups in total. The molecule has 0 bridgehead atoms. The third-order valence-electron chi connectivity index (χ3n) is 2.64. The van der Waals surface area contributed by atoms with E-state index in [1.807, 2.05) is 0 Å². The maximum absolute atomic E-state index is 13.1. The smallest absolute Gasteiger partial charge is 0.147 e. The molecule has 2 nitrogen and oxygen atoms in total. The van der Waals surface area contributed by atoms with Gasteiger partial charge in [-0.25, -0.2) is 4.39 Å². The Hall–Kier alpha value is -0.900. The summed E-state index contributed by atoms with van der Waals surface area (Å²) in [5.41, 5.74) is 5.46. The summed E-state index contributed by atoms with van der Waals surface area (Å²) < 4.78 is 24.8. The van der Waals surface area contributed by atoms with Crippen molar-refractivity contribution in [2.24, 2.45) is 5.92 Å². The van der Waals surface area contributed by atoms with Gasteiger partial charge in [0.05, 0.1) is 16.5 Å². The van der Waals surface area contributed by atoms with Crippen molar-refractivity contribution >= 4 is 16.5 Å². The quantitative estimate of drug-likeness (QED) is 0.802. The number of anilines is 1. The van der Waals surface area contributed by atoms with Gasteiger partial charge in [0.1, 0.15) is 5.82 Å². The lowest BCUT2D eigenvalue weighted by molar-refractivity contribution is 0.627. The van der Waals surface area contributed by atoms with Gasteiger partial charge in [-0.2, -0.15) is 0 Å². The van der Waals surface area contributed by atoms with E-state index in [1.165, 1.54) is 25.0 Å². The van der Waals surface area contributed by atoms with Gasteiger partial charge < -0.3 is 5.73 Å². The molecule has 0 aromatic heterocycles. The summed E-state index contributed by atoms with van der Waals surface area (Å²) >= 11 is 0. The Bertz CT molecular complexity index is 390. The van der Waals surface area contributed by atoms with Crippen LogP contribution in [-0.2, 0) is 10.8 Å². The largest absolute Gasteiger partial charge is 0.396 e. The molecular formula is C11H14FNOS. The molecule has 1 saturated carbocycles. The van der Waals surface area contributed by atoms with Crippen molar-refractivity contribution < 1.29 is 8.60 Å². The molecule has 1 aliphatic rings. The van der Waals surface area contributed by atoms with Crippen LogP contribution in [0.2, 0.25) is 0 Å². The zero-order valence-corrected chi connectivity index (χ0v) is 9.23. The number of hydrogen-bond acceptors (Lipinski definition) is 2. The van der Waals surface area contributed by atoms with Crippen LogP contribution < -0.4 is 5.73 Å². The predicted molar refractivity (Wildman–Crippen MR) is 59.4 cm³/mol. The fourth-order valence-corrected chi connectivity index (χ4v) is 2.69. The lowest BCUT2D eigenvalue weighted by Crippen LogP contribution is -2.00. The van der Waals surface area contributed by atoms with Crippen LogP contribution in [0, 0.1) is 11.7 Å². The van der Waals surface area contributed by atoms with Gasteiger partial charge in [-0.05, 0) is 30.5 Å². The Morgan fingerprint density at radius 2 is 2.20 bits per heavy atom. The van der Waals surface area contributed by atoms with Crippen LogP contribution in [0.3, 0.4) is 0 Å². The zero-order valence-electron chi connectivity index (χ0n) is 8.41. The standard InChI is InChI=1S/C11H14FNOS/c12-10-7-9(3-4-11(10)13)15(14)6-5-8-1-2-8/h3-4,7-8H,1-2,5-6,13H2. The van der Waals surface area contributed by atoms with E-state index in [0.29, 0.717) is 10.6 Å². The number of nitrogens with two attached hydrogens (primary N) is 1. The van der Waals surface area contributed by atoms with Gasteiger partial charge in [0.2, 0.25) is 0 Å². The second-order valence-electron chi connectivity index (χ2n) is 3.97. The molecule has 1 atom stereocenters. The Balaban J connectivity index is 2.00. The normalized spacial score (nSPS) is 17.7. The predicted octanol–water partition coefficient (Wildman–Crippen LogP) is 2.32. The Kier molecular flexibility index (Phi) is 3.05. The van der Waals surface area contributed by atoms with Gasteiger partial charge in [0, 0.05) is 10.6 Å². The SMILES string of the molecule is Nc1ccc(S(=O)CCC2CC2)cc1F. The summed E-state index contributed by atoms with van der Waals surface area (Å²) in [5, 5.41) is 0. The minimum Gasteiger partial charge on any atom is -0.396 e. The first kappa shape index (κ1) is 10.6. The van der Waals surface area contributed by atoms with Crippen molar-refractivity contribution in [1.82, 2.24) is 0 Å². The van der Waals surface area contributed by atoms with E-state index in [9.17, 15) is 8.60 Å². The monoisotopic (exact) mass is 227 g/mol. The molecule has 0 saturated heterocycles. The summed E-state index contributed by atoms with van der Waals surface area (Å²) in [6.07, 6.45) is 3.50. The maximum atomic E-state index is 13.1. The number of rotatable bonds is 4. The van der Waals surface area contributed by atoms with Crippen LogP contribution in [0.15, 0.2) is 23.1 Å². The third-order valence-corrected chi connectivity index (χ3v) is 4.03. The zero-order chi connectivity index (χ0) is 10.8. The fourth-order valence-electron chi connectivity index (χ4n) is 1.45. The second-order valence-corrected chi connectivity index (χ2v) is 5.54. The fraction of sp³-hybridized carbons (Fsp3) is 0.455. The summed E-state index contributed by atoms with van der Waals surface area (Å²) in [5.74, 6) is 0.911. The number of benzene rings is 1. The molecule has 82 valence electrons. The van der Waals surface area contributed by atoms with Gasteiger partial charge >= 0.3 is 0 Å². The molecule has 15 heavy (non-hydrogen) atoms. The molecule has 1 fully saturated rings. The van der Waals surface area contributed by atoms with E-state index in [0.717, 1.165) is 12.3 Å². The Morgan fingerprint density at radius 1 is 1.47 bits per heavy atom. The molecule has 1 unspecified atom stereocenters. The van der Waals surface area contributed by atoms with E-state index < -0.39 is 16.6 Å². The van der Waals surface area contributed by atoms with Crippen LogP contribution in [-0.4, -0.2) is 9.96 Å². The lowest BCUT2D eigenvalue weighted by Gasteiger charge is -2.03. The highest BCUT2D eigenvalue weighted by atomic mass is 32.2. The highest BCUT2D eigenvalue weighted by molar-refractivity contribution is 7.85. The van der Waals surface area contributed by atoms with Gasteiger partial charge in [0.25, 0.3) is 0 Å². The highest BCUT2D eigenvalue weighted by Gasteiger charge is 2.21. The summed E-state index contributed by atoms with van der Waals surface area (Å²) in [6.45, 7) is 0. The molecule has 1 aromatic rings. The van der Waals surface area contributed by atoms with E-state index in [2.05, 4.69) is 0 Å². The van der Waals surface area contributed by atoms with Crippen molar-refractivity contribution in [3.8, 4) is 0 Å². The molecule has 0 amide bonds. The molecule has 2 rings (SSSR count). The first-order valence-corrected chi connectivity index (χ1v) is 6.42. The Labute approximate surface area is 91.1 Å². The first-order chi connectivity index (χ1) is 7.16. The Morgan fingerprint density at radius 3 is 2.80 bits per heavy atom. The van der Waals surface area contributed by atoms with Crippen LogP contribution in [0.5, 0.6) is 0 Å². The van der Waals surface area contributed by atoms with Crippen molar-refractivity contribution in [3.05, 3.63) is 24.0 Å². The molecule has 1 aliphatic carbocycles. The van der Waals surface area contributed by atoms with E-state index in [4.69, 9.17) is 5.73 Å². The number of halogens is 1. The third kappa shape index (κ3) is 2.78. The average molecular weight is 227 g/mol. The van der Waals surface area contributed by atoms with E-state index in [1.54, 1.807) is 6.07 Å². The number of nitrogen functional groups attached to an aromatic ring is 1. The van der Waals surface area contributed by atoms with Crippen LogP contribution in [0.1, 0.15) is 19.3 Å². The summed E-state index contributed by atoms with van der Waals surface area (Å²) in [7, 11) is -1.08. The van der Waals surface area contributed by atoms with Gasteiger partial charge in [-0.3, -0.25) is 4.21 Å². The lowest BCUT2D eigenvalue weighted by atomic mass is 10.3. The van der Waals surface area contributed by atoms with Crippen molar-refractivity contribution in [3.63, 3.8) is 0 Å². The first-order valence-electron chi connectivity index (χ1n) is 5.10. The molecular weight excluding hydrogens is 213 g/mol.